The van der Waals surface area contributed by atoms with Gasteiger partial charge in [0.1, 0.15) is 11.8 Å². The molecule has 2 aliphatic carbocycles. The summed E-state index contributed by atoms with van der Waals surface area (Å²) in [6.07, 6.45) is 5.85. The van der Waals surface area contributed by atoms with Crippen molar-refractivity contribution in [1.82, 2.24) is 0 Å². The second-order valence-corrected chi connectivity index (χ2v) is 6.16. The van der Waals surface area contributed by atoms with Crippen molar-refractivity contribution in [1.29, 1.82) is 5.26 Å². The van der Waals surface area contributed by atoms with Crippen LogP contribution in [0.1, 0.15) is 32.1 Å². The van der Waals surface area contributed by atoms with Gasteiger partial charge < -0.3 is 10.1 Å². The smallest absolute Gasteiger partial charge is 0.224 e. The number of carbonyl (C=O) groups is 1. The number of hydrogen-bond donors (Lipinski definition) is 1. The Labute approximate surface area is 125 Å². The molecule has 110 valence electrons. The Hall–Kier alpha value is -2.02. The van der Waals surface area contributed by atoms with Crippen LogP contribution in [0.5, 0.6) is 5.75 Å². The van der Waals surface area contributed by atoms with E-state index in [1.807, 2.05) is 18.2 Å². The minimum atomic E-state index is 0.0164. The Morgan fingerprint density at radius 1 is 1.38 bits per heavy atom. The maximum Gasteiger partial charge on any atom is 0.224 e. The number of nitrogens with one attached hydrogen (secondary N) is 1. The third-order valence-electron chi connectivity index (χ3n) is 4.75. The van der Waals surface area contributed by atoms with Crippen LogP contribution in [0.3, 0.4) is 0 Å². The number of amides is 1. The van der Waals surface area contributed by atoms with E-state index < -0.39 is 0 Å². The van der Waals surface area contributed by atoms with Gasteiger partial charge in [-0.3, -0.25) is 4.79 Å². The summed E-state index contributed by atoms with van der Waals surface area (Å²) in [7, 11) is 0. The average Bonchev–Trinajstić information content (AvgIpc) is 3.08. The van der Waals surface area contributed by atoms with Gasteiger partial charge in [0.15, 0.2) is 6.61 Å². The van der Waals surface area contributed by atoms with Gasteiger partial charge in [-0.2, -0.15) is 5.26 Å². The number of nitriles is 1. The van der Waals surface area contributed by atoms with E-state index in [0.29, 0.717) is 18.1 Å². The zero-order valence-electron chi connectivity index (χ0n) is 12.0. The number of fused-ring (bicyclic) bond motifs is 2. The fourth-order valence-electron chi connectivity index (χ4n) is 3.86. The Kier molecular flexibility index (Phi) is 4.10. The summed E-state index contributed by atoms with van der Waals surface area (Å²) in [4.78, 5) is 12.2. The number of hydrogen-bond acceptors (Lipinski definition) is 3. The number of anilines is 1. The third kappa shape index (κ3) is 3.36. The van der Waals surface area contributed by atoms with Gasteiger partial charge in [-0.15, -0.1) is 0 Å². The molecule has 0 saturated heterocycles. The Morgan fingerprint density at radius 3 is 3.00 bits per heavy atom. The normalized spacial score (nSPS) is 26.3. The first kappa shape index (κ1) is 13.9. The lowest BCUT2D eigenvalue weighted by Gasteiger charge is -2.20. The molecule has 2 fully saturated rings. The number of rotatable bonds is 5. The molecule has 3 rings (SSSR count). The molecule has 2 aliphatic rings. The van der Waals surface area contributed by atoms with Gasteiger partial charge in [0.25, 0.3) is 0 Å². The SMILES string of the molecule is N#CCOc1cccc(NC(=O)CC2CC3CCC2C3)c1. The predicted octanol–water partition coefficient (Wildman–Crippen LogP) is 3.35. The molecule has 4 heteroatoms. The van der Waals surface area contributed by atoms with Crippen molar-refractivity contribution in [3.63, 3.8) is 0 Å². The van der Waals surface area contributed by atoms with Crippen LogP contribution in [-0.2, 0) is 4.79 Å². The Bertz CT molecular complexity index is 564. The average molecular weight is 284 g/mol. The van der Waals surface area contributed by atoms with Gasteiger partial charge in [-0.1, -0.05) is 12.5 Å². The first-order valence-electron chi connectivity index (χ1n) is 7.64. The number of carbonyl (C=O) groups excluding carboxylic acids is 1. The van der Waals surface area contributed by atoms with Crippen LogP contribution in [-0.4, -0.2) is 12.5 Å². The molecule has 3 unspecified atom stereocenters. The minimum absolute atomic E-state index is 0.0164. The third-order valence-corrected chi connectivity index (χ3v) is 4.75. The van der Waals surface area contributed by atoms with E-state index in [-0.39, 0.29) is 12.5 Å². The van der Waals surface area contributed by atoms with Crippen molar-refractivity contribution >= 4 is 11.6 Å². The zero-order valence-corrected chi connectivity index (χ0v) is 12.0. The van der Waals surface area contributed by atoms with E-state index >= 15 is 0 Å². The molecule has 21 heavy (non-hydrogen) atoms. The number of ether oxygens (including phenoxy) is 1. The molecule has 0 aromatic heterocycles. The lowest BCUT2D eigenvalue weighted by molar-refractivity contribution is -0.117. The fourth-order valence-corrected chi connectivity index (χ4v) is 3.86. The molecular formula is C17H20N2O2. The molecule has 2 bridgehead atoms. The second kappa shape index (κ2) is 6.17. The summed E-state index contributed by atoms with van der Waals surface area (Å²) < 4.78 is 5.24. The van der Waals surface area contributed by atoms with Gasteiger partial charge in [-0.25, -0.2) is 0 Å². The highest BCUT2D eigenvalue weighted by Gasteiger charge is 2.40. The van der Waals surface area contributed by atoms with Crippen molar-refractivity contribution in [2.75, 3.05) is 11.9 Å². The Balaban J connectivity index is 1.54. The molecule has 3 atom stereocenters. The highest BCUT2D eigenvalue weighted by atomic mass is 16.5. The van der Waals surface area contributed by atoms with Gasteiger partial charge in [0, 0.05) is 18.2 Å². The maximum atomic E-state index is 12.2. The largest absolute Gasteiger partial charge is 0.479 e. The molecule has 1 amide bonds. The van der Waals surface area contributed by atoms with Crippen LogP contribution >= 0.6 is 0 Å². The zero-order chi connectivity index (χ0) is 14.7. The molecule has 1 aromatic carbocycles. The van der Waals surface area contributed by atoms with Gasteiger partial charge in [-0.05, 0) is 49.1 Å². The first-order valence-corrected chi connectivity index (χ1v) is 7.64. The van der Waals surface area contributed by atoms with Crippen LogP contribution in [0.2, 0.25) is 0 Å². The lowest BCUT2D eigenvalue weighted by Crippen LogP contribution is -2.20. The lowest BCUT2D eigenvalue weighted by atomic mass is 9.86. The van der Waals surface area contributed by atoms with Crippen LogP contribution in [0, 0.1) is 29.1 Å². The van der Waals surface area contributed by atoms with E-state index in [4.69, 9.17) is 10.00 Å². The summed E-state index contributed by atoms with van der Waals surface area (Å²) in [5, 5.41) is 11.5. The monoisotopic (exact) mass is 284 g/mol. The predicted molar refractivity (Wildman–Crippen MR) is 79.7 cm³/mol. The molecular weight excluding hydrogens is 264 g/mol. The number of benzene rings is 1. The molecule has 1 aromatic rings. The van der Waals surface area contributed by atoms with Gasteiger partial charge >= 0.3 is 0 Å². The fraction of sp³-hybridized carbons (Fsp3) is 0.529. The van der Waals surface area contributed by atoms with Crippen molar-refractivity contribution < 1.29 is 9.53 Å². The molecule has 0 spiro atoms. The Morgan fingerprint density at radius 2 is 2.29 bits per heavy atom. The van der Waals surface area contributed by atoms with E-state index in [0.717, 1.165) is 17.5 Å². The molecule has 0 aliphatic heterocycles. The first-order chi connectivity index (χ1) is 10.2. The second-order valence-electron chi connectivity index (χ2n) is 6.16. The molecule has 4 nitrogen and oxygen atoms in total. The summed E-state index contributed by atoms with van der Waals surface area (Å²) in [6, 6.07) is 9.14. The maximum absolute atomic E-state index is 12.2. The highest BCUT2D eigenvalue weighted by Crippen LogP contribution is 2.49. The highest BCUT2D eigenvalue weighted by molar-refractivity contribution is 5.91. The standard InChI is InChI=1S/C17H20N2O2/c18-6-7-21-16-3-1-2-15(11-16)19-17(20)10-14-9-12-4-5-13(14)8-12/h1-3,11-14H,4-5,7-10H2,(H,19,20). The van der Waals surface area contributed by atoms with Crippen molar-refractivity contribution in [3.05, 3.63) is 24.3 Å². The summed E-state index contributed by atoms with van der Waals surface area (Å²) in [5.74, 6) is 2.91. The summed E-state index contributed by atoms with van der Waals surface area (Å²) in [6.45, 7) is 0.0164. The molecule has 0 heterocycles. The van der Waals surface area contributed by atoms with Crippen LogP contribution < -0.4 is 10.1 Å². The minimum Gasteiger partial charge on any atom is -0.479 e. The van der Waals surface area contributed by atoms with Crippen molar-refractivity contribution in [3.8, 4) is 11.8 Å². The quantitative estimate of drug-likeness (QED) is 0.901. The molecule has 0 radical (unpaired) electrons. The van der Waals surface area contributed by atoms with Gasteiger partial charge in [0.05, 0.1) is 0 Å². The van der Waals surface area contributed by atoms with Crippen molar-refractivity contribution in [2.24, 2.45) is 17.8 Å². The van der Waals surface area contributed by atoms with E-state index in [1.165, 1.54) is 25.7 Å². The van der Waals surface area contributed by atoms with E-state index in [2.05, 4.69) is 5.32 Å². The van der Waals surface area contributed by atoms with E-state index in [1.54, 1.807) is 12.1 Å². The van der Waals surface area contributed by atoms with Crippen LogP contribution in [0.15, 0.2) is 24.3 Å². The molecule has 2 saturated carbocycles. The summed E-state index contributed by atoms with van der Waals surface area (Å²) in [5.41, 5.74) is 0.735. The molecule has 1 N–H and O–H groups in total. The number of nitrogens with zero attached hydrogens (tertiary/aromatic N) is 1. The van der Waals surface area contributed by atoms with Crippen LogP contribution in [0.25, 0.3) is 0 Å². The summed E-state index contributed by atoms with van der Waals surface area (Å²) >= 11 is 0. The topological polar surface area (TPSA) is 62.1 Å². The van der Waals surface area contributed by atoms with Crippen LogP contribution in [0.4, 0.5) is 5.69 Å². The van der Waals surface area contributed by atoms with Crippen molar-refractivity contribution in [2.45, 2.75) is 32.1 Å². The van der Waals surface area contributed by atoms with E-state index in [9.17, 15) is 4.79 Å². The van der Waals surface area contributed by atoms with Gasteiger partial charge in [0.2, 0.25) is 5.91 Å².